The predicted octanol–water partition coefficient (Wildman–Crippen LogP) is 4.06. The largest absolute Gasteiger partial charge is 0.448 e. The van der Waals surface area contributed by atoms with E-state index in [0.29, 0.717) is 25.7 Å². The lowest BCUT2D eigenvalue weighted by Gasteiger charge is -2.37. The lowest BCUT2D eigenvalue weighted by Crippen LogP contribution is -2.61. The highest BCUT2D eigenvalue weighted by Gasteiger charge is 2.50. The van der Waals surface area contributed by atoms with Crippen LogP contribution < -0.4 is 10.6 Å². The zero-order valence-electron chi connectivity index (χ0n) is 20.8. The van der Waals surface area contributed by atoms with E-state index in [1.807, 2.05) is 24.3 Å². The topological polar surface area (TPSA) is 125 Å². The number of aliphatic hydroxyl groups is 1. The maximum Gasteiger partial charge on any atom is 0.291 e. The molecule has 1 aliphatic heterocycles. The summed E-state index contributed by atoms with van der Waals surface area (Å²) in [6.07, 6.45) is 4.40. The average Bonchev–Trinajstić information content (AvgIpc) is 3.62. The van der Waals surface area contributed by atoms with Gasteiger partial charge in [-0.15, -0.1) is 0 Å². The van der Waals surface area contributed by atoms with E-state index >= 15 is 4.39 Å². The number of nitrogens with one attached hydrogen (secondary N) is 2. The van der Waals surface area contributed by atoms with E-state index in [4.69, 9.17) is 9.15 Å². The molecular formula is C29H28FN3O5. The van der Waals surface area contributed by atoms with Crippen LogP contribution in [0.5, 0.6) is 0 Å². The molecular weight excluding hydrogens is 489 g/mol. The first kappa shape index (κ1) is 24.6. The standard InChI is InChI=1S/C29H28FN3O5/c30-23-21-9-6-19(18-4-7-20(8-5-18)29(36)16-37-17-29)14-22(21)38-24(23)25(34)32-28(10-2-1-3-11-28)26(35)33-27(15-31)12-13-27/h4-9,14,36H,1-3,10-13,16-17H2,(H,32,34)(H,33,35). The van der Waals surface area contributed by atoms with Crippen LogP contribution in [0, 0.1) is 17.1 Å². The molecule has 3 fully saturated rings. The number of fused-ring (bicyclic) bond motifs is 1. The van der Waals surface area contributed by atoms with E-state index in [1.165, 1.54) is 0 Å². The fourth-order valence-electron chi connectivity index (χ4n) is 5.39. The van der Waals surface area contributed by atoms with Gasteiger partial charge in [0.15, 0.2) is 5.82 Å². The summed E-state index contributed by atoms with van der Waals surface area (Å²) in [6, 6.07) is 14.5. The fraction of sp³-hybridized carbons (Fsp3) is 0.414. The Hall–Kier alpha value is -3.74. The zero-order valence-corrected chi connectivity index (χ0v) is 20.8. The van der Waals surface area contributed by atoms with Gasteiger partial charge in [-0.05, 0) is 54.5 Å². The molecule has 9 heteroatoms. The van der Waals surface area contributed by atoms with Crippen LogP contribution in [-0.2, 0) is 15.1 Å². The number of carbonyl (C=O) groups excluding carboxylic acids is 2. The minimum atomic E-state index is -1.21. The molecule has 0 radical (unpaired) electrons. The third-order valence-electron chi connectivity index (χ3n) is 8.08. The quantitative estimate of drug-likeness (QED) is 0.453. The minimum absolute atomic E-state index is 0.167. The van der Waals surface area contributed by atoms with Gasteiger partial charge in [-0.25, -0.2) is 4.39 Å². The summed E-state index contributed by atoms with van der Waals surface area (Å²) in [6.45, 7) is 0.522. The molecule has 0 bridgehead atoms. The number of carbonyl (C=O) groups is 2. The predicted molar refractivity (Wildman–Crippen MR) is 135 cm³/mol. The molecule has 1 saturated heterocycles. The summed E-state index contributed by atoms with van der Waals surface area (Å²) in [5, 5.41) is 25.6. The van der Waals surface area contributed by atoms with Crippen LogP contribution in [0.3, 0.4) is 0 Å². The molecule has 2 saturated carbocycles. The highest BCUT2D eigenvalue weighted by atomic mass is 19.1. The van der Waals surface area contributed by atoms with Crippen LogP contribution in [0.4, 0.5) is 4.39 Å². The lowest BCUT2D eigenvalue weighted by atomic mass is 9.80. The monoisotopic (exact) mass is 517 g/mol. The number of halogens is 1. The zero-order chi connectivity index (χ0) is 26.5. The van der Waals surface area contributed by atoms with Crippen molar-refractivity contribution in [2.45, 2.75) is 61.6 Å². The lowest BCUT2D eigenvalue weighted by molar-refractivity contribution is -0.184. The molecule has 2 heterocycles. The summed E-state index contributed by atoms with van der Waals surface area (Å²) in [5.41, 5.74) is -0.467. The van der Waals surface area contributed by atoms with Gasteiger partial charge in [-0.1, -0.05) is 49.6 Å². The number of benzene rings is 2. The number of nitrogens with zero attached hydrogens (tertiary/aromatic N) is 1. The van der Waals surface area contributed by atoms with Crippen molar-refractivity contribution in [3.05, 3.63) is 59.6 Å². The second kappa shape index (κ2) is 8.93. The van der Waals surface area contributed by atoms with Crippen LogP contribution in [0.15, 0.2) is 46.9 Å². The van der Waals surface area contributed by atoms with Gasteiger partial charge in [0.05, 0.1) is 24.7 Å². The second-order valence-corrected chi connectivity index (χ2v) is 10.8. The van der Waals surface area contributed by atoms with Gasteiger partial charge in [0.25, 0.3) is 5.91 Å². The Labute approximate surface area is 218 Å². The Bertz CT molecular complexity index is 1460. The molecule has 2 aliphatic carbocycles. The van der Waals surface area contributed by atoms with Gasteiger partial charge < -0.3 is 24.9 Å². The molecule has 8 nitrogen and oxygen atoms in total. The van der Waals surface area contributed by atoms with Crippen LogP contribution >= 0.6 is 0 Å². The van der Waals surface area contributed by atoms with Crippen molar-refractivity contribution < 1.29 is 28.2 Å². The van der Waals surface area contributed by atoms with Crippen molar-refractivity contribution in [3.8, 4) is 17.2 Å². The maximum absolute atomic E-state index is 15.3. The van der Waals surface area contributed by atoms with Crippen molar-refractivity contribution in [2.75, 3.05) is 13.2 Å². The first-order chi connectivity index (χ1) is 18.3. The number of amides is 2. The number of rotatable bonds is 6. The molecule has 2 aromatic carbocycles. The van der Waals surface area contributed by atoms with Crippen molar-refractivity contribution in [1.82, 2.24) is 10.6 Å². The summed E-state index contributed by atoms with van der Waals surface area (Å²) < 4.78 is 26.1. The molecule has 3 N–H and O–H groups in total. The van der Waals surface area contributed by atoms with E-state index in [1.54, 1.807) is 18.2 Å². The van der Waals surface area contributed by atoms with Crippen LogP contribution in [0.2, 0.25) is 0 Å². The van der Waals surface area contributed by atoms with Crippen molar-refractivity contribution in [2.24, 2.45) is 0 Å². The molecule has 0 atom stereocenters. The van der Waals surface area contributed by atoms with Crippen LogP contribution in [0.1, 0.15) is 61.1 Å². The third-order valence-corrected chi connectivity index (χ3v) is 8.08. The molecule has 196 valence electrons. The first-order valence-electron chi connectivity index (χ1n) is 13.0. The van der Waals surface area contributed by atoms with Crippen molar-refractivity contribution in [1.29, 1.82) is 5.26 Å². The highest BCUT2D eigenvalue weighted by Crippen LogP contribution is 2.37. The summed E-state index contributed by atoms with van der Waals surface area (Å²) in [4.78, 5) is 26.5. The molecule has 0 unspecified atom stereocenters. The first-order valence-corrected chi connectivity index (χ1v) is 13.0. The molecule has 2 amide bonds. The number of furan rings is 1. The van der Waals surface area contributed by atoms with E-state index in [-0.39, 0.29) is 24.2 Å². The van der Waals surface area contributed by atoms with E-state index in [9.17, 15) is 20.0 Å². The van der Waals surface area contributed by atoms with Gasteiger partial charge in [-0.3, -0.25) is 9.59 Å². The van der Waals surface area contributed by atoms with Crippen molar-refractivity contribution >= 4 is 22.8 Å². The SMILES string of the molecule is N#CC1(NC(=O)C2(NC(=O)c3oc4cc(-c5ccc(C6(O)COC6)cc5)ccc4c3F)CCCCC2)CC1. The molecule has 3 aliphatic rings. The fourth-order valence-corrected chi connectivity index (χ4v) is 5.39. The Morgan fingerprint density at radius 3 is 2.24 bits per heavy atom. The summed E-state index contributed by atoms with van der Waals surface area (Å²) >= 11 is 0. The van der Waals surface area contributed by atoms with E-state index in [2.05, 4.69) is 16.7 Å². The van der Waals surface area contributed by atoms with Gasteiger partial charge in [0, 0.05) is 0 Å². The Morgan fingerprint density at radius 2 is 1.63 bits per heavy atom. The third kappa shape index (κ3) is 4.14. The highest BCUT2D eigenvalue weighted by molar-refractivity contribution is 6.01. The van der Waals surface area contributed by atoms with E-state index < -0.39 is 40.1 Å². The molecule has 1 aromatic heterocycles. The Kier molecular flexibility index (Phi) is 5.78. The van der Waals surface area contributed by atoms with Gasteiger partial charge in [0.1, 0.15) is 22.3 Å². The summed E-state index contributed by atoms with van der Waals surface area (Å²) in [5.74, 6) is -2.45. The van der Waals surface area contributed by atoms with Crippen LogP contribution in [-0.4, -0.2) is 41.2 Å². The van der Waals surface area contributed by atoms with Gasteiger partial charge in [-0.2, -0.15) is 5.26 Å². The minimum Gasteiger partial charge on any atom is -0.448 e. The average molecular weight is 518 g/mol. The van der Waals surface area contributed by atoms with Gasteiger partial charge >= 0.3 is 0 Å². The number of hydrogen-bond acceptors (Lipinski definition) is 6. The molecule has 6 rings (SSSR count). The summed E-state index contributed by atoms with van der Waals surface area (Å²) in [7, 11) is 0. The second-order valence-electron chi connectivity index (χ2n) is 10.8. The van der Waals surface area contributed by atoms with Crippen molar-refractivity contribution in [3.63, 3.8) is 0 Å². The Morgan fingerprint density at radius 1 is 0.947 bits per heavy atom. The smallest absolute Gasteiger partial charge is 0.291 e. The van der Waals surface area contributed by atoms with E-state index in [0.717, 1.165) is 36.0 Å². The normalized spacial score (nSPS) is 20.7. The number of ether oxygens (including phenoxy) is 1. The number of nitriles is 1. The molecule has 0 spiro atoms. The molecule has 3 aromatic rings. The molecule has 38 heavy (non-hydrogen) atoms. The van der Waals surface area contributed by atoms with Crippen LogP contribution in [0.25, 0.3) is 22.1 Å². The maximum atomic E-state index is 15.3. The van der Waals surface area contributed by atoms with Gasteiger partial charge in [0.2, 0.25) is 11.7 Å². The Balaban J connectivity index is 1.25. The number of hydrogen-bond donors (Lipinski definition) is 3.